The molecule has 1 aromatic heterocycles. The maximum absolute atomic E-state index is 13.2. The fourth-order valence-corrected chi connectivity index (χ4v) is 5.27. The molecule has 0 radical (unpaired) electrons. The molecule has 4 rings (SSSR count). The molecule has 2 aliphatic rings. The van der Waals surface area contributed by atoms with Gasteiger partial charge in [0.05, 0.1) is 18.1 Å². The van der Waals surface area contributed by atoms with Gasteiger partial charge in [0.15, 0.2) is 0 Å². The highest BCUT2D eigenvalue weighted by molar-refractivity contribution is 5.95. The minimum atomic E-state index is -0.613. The normalized spacial score (nSPS) is 25.5. The summed E-state index contributed by atoms with van der Waals surface area (Å²) in [5.74, 6) is -0.521. The average Bonchev–Trinajstić information content (AvgIpc) is 2.90. The Morgan fingerprint density at radius 2 is 1.82 bits per heavy atom. The lowest BCUT2D eigenvalue weighted by Crippen LogP contribution is -2.37. The van der Waals surface area contributed by atoms with Gasteiger partial charge in [0.2, 0.25) is 0 Å². The van der Waals surface area contributed by atoms with Crippen LogP contribution in [0.4, 0.5) is 0 Å². The number of amides is 2. The van der Waals surface area contributed by atoms with Crippen molar-refractivity contribution in [1.82, 2.24) is 14.9 Å². The Morgan fingerprint density at radius 1 is 1.11 bits per heavy atom. The third-order valence-electron chi connectivity index (χ3n) is 5.99. The van der Waals surface area contributed by atoms with Gasteiger partial charge in [0.1, 0.15) is 5.69 Å². The van der Waals surface area contributed by atoms with Gasteiger partial charge in [0.25, 0.3) is 11.8 Å². The number of nitrogens with zero attached hydrogens (tertiary/aromatic N) is 3. The van der Waals surface area contributed by atoms with Gasteiger partial charge in [-0.3, -0.25) is 14.6 Å². The molecule has 1 aliphatic carbocycles. The minimum absolute atomic E-state index is 0.0925. The maximum atomic E-state index is 13.2. The van der Waals surface area contributed by atoms with Crippen LogP contribution in [0.5, 0.6) is 0 Å². The Bertz CT molecular complexity index is 938. The Kier molecular flexibility index (Phi) is 4.25. The van der Waals surface area contributed by atoms with E-state index in [0.29, 0.717) is 17.3 Å². The van der Waals surface area contributed by atoms with Crippen LogP contribution in [-0.2, 0) is 0 Å². The predicted octanol–water partition coefficient (Wildman–Crippen LogP) is 3.28. The maximum Gasteiger partial charge on any atom is 0.268 e. The van der Waals surface area contributed by atoms with E-state index >= 15 is 0 Å². The molecule has 28 heavy (non-hydrogen) atoms. The van der Waals surface area contributed by atoms with E-state index in [0.717, 1.165) is 31.4 Å². The largest absolute Gasteiger partial charge is 0.364 e. The van der Waals surface area contributed by atoms with Gasteiger partial charge in [-0.25, -0.2) is 4.98 Å². The second-order valence-corrected chi connectivity index (χ2v) is 9.38. The summed E-state index contributed by atoms with van der Waals surface area (Å²) in [5.41, 5.74) is 7.92. The van der Waals surface area contributed by atoms with E-state index in [2.05, 4.69) is 35.6 Å². The first kappa shape index (κ1) is 18.6. The topological polar surface area (TPSA) is 89.2 Å². The molecule has 1 saturated carbocycles. The molecule has 6 heteroatoms. The lowest BCUT2D eigenvalue weighted by Gasteiger charge is -2.39. The molecular weight excluding hydrogens is 352 g/mol. The fourth-order valence-electron chi connectivity index (χ4n) is 5.27. The summed E-state index contributed by atoms with van der Waals surface area (Å²) in [6.45, 7) is 7.75. The summed E-state index contributed by atoms with van der Waals surface area (Å²) >= 11 is 0. The van der Waals surface area contributed by atoms with Crippen LogP contribution >= 0.6 is 0 Å². The molecule has 6 nitrogen and oxygen atoms in total. The van der Waals surface area contributed by atoms with Crippen molar-refractivity contribution in [3.63, 3.8) is 0 Å². The number of carbonyl (C=O) groups excluding carboxylic acids is 2. The lowest BCUT2D eigenvalue weighted by atomic mass is 9.65. The minimum Gasteiger partial charge on any atom is -0.364 e. The van der Waals surface area contributed by atoms with Gasteiger partial charge in [-0.05, 0) is 42.2 Å². The van der Waals surface area contributed by atoms with Crippen molar-refractivity contribution in [2.75, 3.05) is 6.54 Å². The summed E-state index contributed by atoms with van der Waals surface area (Å²) in [4.78, 5) is 34.8. The molecule has 2 fully saturated rings. The van der Waals surface area contributed by atoms with Gasteiger partial charge in [0, 0.05) is 23.7 Å². The summed E-state index contributed by atoms with van der Waals surface area (Å²) in [5, 5.41) is 0. The van der Waals surface area contributed by atoms with Crippen LogP contribution < -0.4 is 5.73 Å². The first-order chi connectivity index (χ1) is 13.2. The van der Waals surface area contributed by atoms with E-state index in [-0.39, 0.29) is 22.4 Å². The van der Waals surface area contributed by atoms with Crippen molar-refractivity contribution in [2.45, 2.75) is 46.1 Å². The molecule has 1 saturated heterocycles. The van der Waals surface area contributed by atoms with Crippen LogP contribution in [0, 0.1) is 10.8 Å². The molecule has 2 heterocycles. The van der Waals surface area contributed by atoms with Crippen LogP contribution in [0.25, 0.3) is 11.3 Å². The van der Waals surface area contributed by atoms with E-state index < -0.39 is 5.91 Å². The second-order valence-electron chi connectivity index (χ2n) is 9.38. The van der Waals surface area contributed by atoms with Crippen LogP contribution in [-0.4, -0.2) is 39.3 Å². The summed E-state index contributed by atoms with van der Waals surface area (Å²) in [7, 11) is 0. The number of hydrogen-bond acceptors (Lipinski definition) is 4. The predicted molar refractivity (Wildman–Crippen MR) is 107 cm³/mol. The van der Waals surface area contributed by atoms with Crippen molar-refractivity contribution in [3.8, 4) is 11.3 Å². The number of fused-ring (bicyclic) bond motifs is 2. The Labute approximate surface area is 165 Å². The molecule has 2 aromatic rings. The van der Waals surface area contributed by atoms with Crippen molar-refractivity contribution in [3.05, 3.63) is 47.9 Å². The van der Waals surface area contributed by atoms with Gasteiger partial charge in [-0.1, -0.05) is 32.9 Å². The summed E-state index contributed by atoms with van der Waals surface area (Å²) in [6.07, 6.45) is 6.23. The van der Waals surface area contributed by atoms with Crippen molar-refractivity contribution < 1.29 is 9.59 Å². The summed E-state index contributed by atoms with van der Waals surface area (Å²) in [6, 6.07) is 7.66. The molecule has 0 unspecified atom stereocenters. The zero-order valence-electron chi connectivity index (χ0n) is 16.6. The number of likely N-dealkylation sites (tertiary alicyclic amines) is 1. The lowest BCUT2D eigenvalue weighted by molar-refractivity contribution is 0.0708. The molecule has 2 amide bonds. The van der Waals surface area contributed by atoms with Gasteiger partial charge in [-0.15, -0.1) is 0 Å². The molecule has 1 aromatic carbocycles. The number of hydrogen-bond donors (Lipinski definition) is 1. The number of nitrogens with two attached hydrogens (primary N) is 1. The molecule has 2 atom stereocenters. The van der Waals surface area contributed by atoms with E-state index in [4.69, 9.17) is 5.73 Å². The smallest absolute Gasteiger partial charge is 0.268 e. The first-order valence-electron chi connectivity index (χ1n) is 9.69. The molecule has 2 N–H and O–H groups in total. The zero-order valence-corrected chi connectivity index (χ0v) is 16.6. The van der Waals surface area contributed by atoms with E-state index in [1.165, 1.54) is 6.20 Å². The first-order valence-corrected chi connectivity index (χ1v) is 9.69. The number of rotatable bonds is 3. The molecule has 2 bridgehead atoms. The highest BCUT2D eigenvalue weighted by Crippen LogP contribution is 2.52. The van der Waals surface area contributed by atoms with Crippen LogP contribution in [0.2, 0.25) is 0 Å². The van der Waals surface area contributed by atoms with Gasteiger partial charge in [-0.2, -0.15) is 0 Å². The van der Waals surface area contributed by atoms with Crippen LogP contribution in [0.15, 0.2) is 36.7 Å². The molecule has 1 aliphatic heterocycles. The number of aromatic nitrogens is 2. The van der Waals surface area contributed by atoms with E-state index in [1.807, 2.05) is 24.3 Å². The highest BCUT2D eigenvalue weighted by Gasteiger charge is 2.50. The molecule has 0 spiro atoms. The third-order valence-corrected chi connectivity index (χ3v) is 5.99. The quantitative estimate of drug-likeness (QED) is 0.887. The van der Waals surface area contributed by atoms with Crippen molar-refractivity contribution >= 4 is 11.8 Å². The molecular formula is C22H26N4O2. The Morgan fingerprint density at radius 3 is 2.50 bits per heavy atom. The zero-order chi connectivity index (χ0) is 20.1. The Hall–Kier alpha value is -2.76. The fraction of sp³-hybridized carbons (Fsp3) is 0.455. The number of benzene rings is 1. The van der Waals surface area contributed by atoms with Gasteiger partial charge < -0.3 is 10.6 Å². The van der Waals surface area contributed by atoms with Crippen molar-refractivity contribution in [1.29, 1.82) is 0 Å². The molecule has 146 valence electrons. The summed E-state index contributed by atoms with van der Waals surface area (Å²) < 4.78 is 0. The average molecular weight is 378 g/mol. The van der Waals surface area contributed by atoms with Crippen LogP contribution in [0.3, 0.4) is 0 Å². The van der Waals surface area contributed by atoms with E-state index in [9.17, 15) is 9.59 Å². The monoisotopic (exact) mass is 378 g/mol. The third kappa shape index (κ3) is 3.39. The number of carbonyl (C=O) groups is 2. The Balaban J connectivity index is 1.56. The standard InChI is InChI=1S/C22H26N4O2/c1-21(2)8-16-9-22(3,12-21)13-26(16)20(28)15-6-4-14(5-7-15)17-10-24-11-18(25-17)19(23)27/h4-7,10-11,16H,8-9,12-13H2,1-3H3,(H2,23,27)/t16-,22-/m1/s1. The second kappa shape index (κ2) is 6.40. The van der Waals surface area contributed by atoms with E-state index in [1.54, 1.807) is 6.20 Å². The van der Waals surface area contributed by atoms with Gasteiger partial charge >= 0.3 is 0 Å². The highest BCUT2D eigenvalue weighted by atomic mass is 16.2. The SMILES string of the molecule is CC1(C)C[C@@H]2C[C@@](C)(CN2C(=O)c2ccc(-c3cncc(C(N)=O)n3)cc2)C1. The number of primary amides is 1. The van der Waals surface area contributed by atoms with Crippen molar-refractivity contribution in [2.24, 2.45) is 16.6 Å². The van der Waals surface area contributed by atoms with Crippen LogP contribution in [0.1, 0.15) is 60.9 Å².